The Kier molecular flexibility index (Phi) is 5.38. The van der Waals surface area contributed by atoms with E-state index in [9.17, 15) is 4.79 Å². The Morgan fingerprint density at radius 2 is 2.09 bits per heavy atom. The molecule has 1 atom stereocenters. The highest BCUT2D eigenvalue weighted by molar-refractivity contribution is 6.07. The minimum absolute atomic E-state index is 0.109. The van der Waals surface area contributed by atoms with Gasteiger partial charge in [0.1, 0.15) is 11.4 Å². The molecular formula is C22H25N9O. The number of hydrogen-bond donors (Lipinski definition) is 3. The average Bonchev–Trinajstić information content (AvgIpc) is 3.44. The van der Waals surface area contributed by atoms with E-state index >= 15 is 0 Å². The van der Waals surface area contributed by atoms with Gasteiger partial charge in [0.05, 0.1) is 11.9 Å². The van der Waals surface area contributed by atoms with Crippen molar-refractivity contribution in [2.75, 3.05) is 18.4 Å². The molecule has 1 saturated heterocycles. The molecule has 0 aliphatic carbocycles. The van der Waals surface area contributed by atoms with Crippen LogP contribution in [0.5, 0.6) is 0 Å². The predicted octanol–water partition coefficient (Wildman–Crippen LogP) is 2.05. The second-order valence-electron chi connectivity index (χ2n) is 8.03. The zero-order valence-electron chi connectivity index (χ0n) is 17.8. The summed E-state index contributed by atoms with van der Waals surface area (Å²) in [5, 5.41) is 15.4. The second-order valence-corrected chi connectivity index (χ2v) is 8.03. The number of carbonyl (C=O) groups excluding carboxylic acids is 1. The standard InChI is InChI=1S/C22H25N9O/c1-14(23)16-3-4-19(26-12-16)31-20(11-18(29-31)15-5-8-24-9-6-15)28-22(32)17-13-27-30-10-2-7-25-21(17)30/h2-4,7,10-15,24H,5-6,8-9,23H2,1H3,(H,28,32). The first-order chi connectivity index (χ1) is 15.6. The van der Waals surface area contributed by atoms with Crippen LogP contribution in [0.2, 0.25) is 0 Å². The lowest BCUT2D eigenvalue weighted by Gasteiger charge is -2.20. The fraction of sp³-hybridized carbons (Fsp3) is 0.318. The van der Waals surface area contributed by atoms with E-state index in [4.69, 9.17) is 10.8 Å². The van der Waals surface area contributed by atoms with Crippen molar-refractivity contribution in [2.24, 2.45) is 5.73 Å². The van der Waals surface area contributed by atoms with Gasteiger partial charge in [-0.3, -0.25) is 4.79 Å². The van der Waals surface area contributed by atoms with Crippen molar-refractivity contribution in [3.63, 3.8) is 0 Å². The van der Waals surface area contributed by atoms with E-state index in [2.05, 4.69) is 25.7 Å². The van der Waals surface area contributed by atoms with Crippen LogP contribution in [-0.2, 0) is 0 Å². The number of piperidine rings is 1. The van der Waals surface area contributed by atoms with Crippen LogP contribution in [0.15, 0.2) is 49.1 Å². The van der Waals surface area contributed by atoms with Gasteiger partial charge in [-0.1, -0.05) is 6.07 Å². The van der Waals surface area contributed by atoms with Crippen molar-refractivity contribution in [1.82, 2.24) is 34.7 Å². The minimum Gasteiger partial charge on any atom is -0.324 e. The quantitative estimate of drug-likeness (QED) is 0.441. The van der Waals surface area contributed by atoms with Crippen molar-refractivity contribution < 1.29 is 4.79 Å². The molecule has 0 bridgehead atoms. The molecular weight excluding hydrogens is 406 g/mol. The maximum atomic E-state index is 13.1. The topological polar surface area (TPSA) is 128 Å². The summed E-state index contributed by atoms with van der Waals surface area (Å²) < 4.78 is 3.25. The van der Waals surface area contributed by atoms with E-state index < -0.39 is 0 Å². The van der Waals surface area contributed by atoms with Crippen molar-refractivity contribution in [1.29, 1.82) is 0 Å². The molecule has 5 rings (SSSR count). The Morgan fingerprint density at radius 1 is 1.25 bits per heavy atom. The smallest absolute Gasteiger partial charge is 0.262 e. The van der Waals surface area contributed by atoms with Crippen molar-refractivity contribution in [2.45, 2.75) is 31.7 Å². The fourth-order valence-electron chi connectivity index (χ4n) is 3.94. The van der Waals surface area contributed by atoms with E-state index in [1.54, 1.807) is 33.9 Å². The van der Waals surface area contributed by atoms with Gasteiger partial charge >= 0.3 is 0 Å². The maximum absolute atomic E-state index is 13.1. The summed E-state index contributed by atoms with van der Waals surface area (Å²) in [5.41, 5.74) is 8.72. The largest absolute Gasteiger partial charge is 0.324 e. The normalized spacial score (nSPS) is 15.7. The Morgan fingerprint density at radius 3 is 2.84 bits per heavy atom. The van der Waals surface area contributed by atoms with Gasteiger partial charge in [-0.2, -0.15) is 14.9 Å². The highest BCUT2D eigenvalue weighted by atomic mass is 16.1. The summed E-state index contributed by atoms with van der Waals surface area (Å²) in [6.45, 7) is 3.82. The molecule has 10 nitrogen and oxygen atoms in total. The number of aromatic nitrogens is 6. The highest BCUT2D eigenvalue weighted by Gasteiger charge is 2.23. The van der Waals surface area contributed by atoms with Crippen LogP contribution in [0.3, 0.4) is 0 Å². The van der Waals surface area contributed by atoms with Crippen molar-refractivity contribution in [3.05, 3.63) is 65.9 Å². The molecule has 1 aliphatic rings. The lowest BCUT2D eigenvalue weighted by atomic mass is 9.95. The lowest BCUT2D eigenvalue weighted by molar-refractivity contribution is 0.102. The van der Waals surface area contributed by atoms with E-state index in [-0.39, 0.29) is 11.9 Å². The second kappa shape index (κ2) is 8.48. The highest BCUT2D eigenvalue weighted by Crippen LogP contribution is 2.28. The summed E-state index contributed by atoms with van der Waals surface area (Å²) >= 11 is 0. The number of nitrogens with two attached hydrogens (primary N) is 1. The van der Waals surface area contributed by atoms with Gasteiger partial charge in [0.25, 0.3) is 5.91 Å². The Bertz CT molecular complexity index is 1240. The Hall–Kier alpha value is -3.63. The molecule has 1 fully saturated rings. The van der Waals surface area contributed by atoms with Gasteiger partial charge < -0.3 is 16.4 Å². The van der Waals surface area contributed by atoms with Gasteiger partial charge in [0.2, 0.25) is 0 Å². The maximum Gasteiger partial charge on any atom is 0.262 e. The first-order valence-corrected chi connectivity index (χ1v) is 10.7. The van der Waals surface area contributed by atoms with E-state index in [1.165, 1.54) is 6.20 Å². The monoisotopic (exact) mass is 431 g/mol. The number of hydrogen-bond acceptors (Lipinski definition) is 7. The van der Waals surface area contributed by atoms with Gasteiger partial charge in [0.15, 0.2) is 11.5 Å². The fourth-order valence-corrected chi connectivity index (χ4v) is 3.94. The zero-order valence-corrected chi connectivity index (χ0v) is 17.8. The molecule has 1 aliphatic heterocycles. The Labute approximate surface area is 184 Å². The molecule has 1 amide bonds. The number of amides is 1. The van der Waals surface area contributed by atoms with Gasteiger partial charge in [-0.15, -0.1) is 0 Å². The third-order valence-corrected chi connectivity index (χ3v) is 5.76. The molecule has 4 N–H and O–H groups in total. The zero-order chi connectivity index (χ0) is 22.1. The van der Waals surface area contributed by atoms with Crippen molar-refractivity contribution in [3.8, 4) is 5.82 Å². The average molecular weight is 432 g/mol. The molecule has 4 aromatic rings. The summed E-state index contributed by atoms with van der Waals surface area (Å²) in [6.07, 6.45) is 8.65. The van der Waals surface area contributed by atoms with Crippen LogP contribution in [0.1, 0.15) is 53.3 Å². The number of anilines is 1. The number of carbonyl (C=O) groups is 1. The number of nitrogens with zero attached hydrogens (tertiary/aromatic N) is 6. The van der Waals surface area contributed by atoms with Crippen LogP contribution >= 0.6 is 0 Å². The van der Waals surface area contributed by atoms with Crippen LogP contribution < -0.4 is 16.4 Å². The molecule has 32 heavy (non-hydrogen) atoms. The molecule has 0 spiro atoms. The third kappa shape index (κ3) is 3.85. The van der Waals surface area contributed by atoms with Gasteiger partial charge in [0, 0.05) is 36.6 Å². The molecule has 4 aromatic heterocycles. The predicted molar refractivity (Wildman–Crippen MR) is 120 cm³/mol. The van der Waals surface area contributed by atoms with Crippen LogP contribution in [0.4, 0.5) is 5.82 Å². The summed E-state index contributed by atoms with van der Waals surface area (Å²) in [6, 6.07) is 7.39. The summed E-state index contributed by atoms with van der Waals surface area (Å²) in [4.78, 5) is 21.9. The number of nitrogens with one attached hydrogen (secondary N) is 2. The first-order valence-electron chi connectivity index (χ1n) is 10.7. The number of rotatable bonds is 5. The molecule has 10 heteroatoms. The van der Waals surface area contributed by atoms with Crippen LogP contribution in [-0.4, -0.2) is 48.4 Å². The van der Waals surface area contributed by atoms with Crippen molar-refractivity contribution >= 4 is 17.4 Å². The van der Waals surface area contributed by atoms with E-state index in [0.717, 1.165) is 37.2 Å². The first kappa shape index (κ1) is 20.3. The number of pyridine rings is 1. The van der Waals surface area contributed by atoms with Crippen LogP contribution in [0.25, 0.3) is 11.5 Å². The SMILES string of the molecule is CC(N)c1ccc(-n2nc(C3CCNCC3)cc2NC(=O)c2cnn3cccnc23)nc1. The molecule has 0 saturated carbocycles. The Balaban J connectivity index is 1.50. The summed E-state index contributed by atoms with van der Waals surface area (Å²) in [5.74, 6) is 1.20. The minimum atomic E-state index is -0.302. The third-order valence-electron chi connectivity index (χ3n) is 5.76. The molecule has 0 radical (unpaired) electrons. The molecule has 5 heterocycles. The molecule has 0 aromatic carbocycles. The van der Waals surface area contributed by atoms with Crippen LogP contribution in [0, 0.1) is 0 Å². The number of fused-ring (bicyclic) bond motifs is 1. The van der Waals surface area contributed by atoms with E-state index in [1.807, 2.05) is 25.1 Å². The molecule has 1 unspecified atom stereocenters. The molecule has 164 valence electrons. The van der Waals surface area contributed by atoms with E-state index in [0.29, 0.717) is 28.8 Å². The lowest BCUT2D eigenvalue weighted by Crippen LogP contribution is -2.26. The summed E-state index contributed by atoms with van der Waals surface area (Å²) in [7, 11) is 0. The van der Waals surface area contributed by atoms with Gasteiger partial charge in [-0.25, -0.2) is 14.5 Å². The van der Waals surface area contributed by atoms with Gasteiger partial charge in [-0.05, 0) is 50.6 Å².